The van der Waals surface area contributed by atoms with Gasteiger partial charge in [0.25, 0.3) is 0 Å². The summed E-state index contributed by atoms with van der Waals surface area (Å²) in [6, 6.07) is 8.22. The average Bonchev–Trinajstić information content (AvgIpc) is 2.83. The van der Waals surface area contributed by atoms with Crippen molar-refractivity contribution in [2.24, 2.45) is 10.2 Å². The van der Waals surface area contributed by atoms with Crippen molar-refractivity contribution in [1.29, 1.82) is 0 Å². The van der Waals surface area contributed by atoms with E-state index < -0.39 is 17.6 Å². The maximum absolute atomic E-state index is 13.0. The SMILES string of the molecule is Oc1[nH]c2c(C(F)(F)F)cccc2c1N=Nc1cccc(Cl)c1Cl. The van der Waals surface area contributed by atoms with Crippen molar-refractivity contribution in [2.45, 2.75) is 6.18 Å². The molecular formula is C15H8Cl2F3N3O. The minimum absolute atomic E-state index is 0.0872. The maximum Gasteiger partial charge on any atom is 0.418 e. The molecule has 3 aromatic rings. The maximum atomic E-state index is 13.0. The molecule has 0 fully saturated rings. The van der Waals surface area contributed by atoms with Gasteiger partial charge >= 0.3 is 6.18 Å². The van der Waals surface area contributed by atoms with Gasteiger partial charge in [0.05, 0.1) is 21.1 Å². The van der Waals surface area contributed by atoms with Crippen LogP contribution in [-0.4, -0.2) is 10.1 Å². The Morgan fingerprint density at radius 2 is 1.71 bits per heavy atom. The lowest BCUT2D eigenvalue weighted by molar-refractivity contribution is -0.136. The van der Waals surface area contributed by atoms with E-state index >= 15 is 0 Å². The molecule has 24 heavy (non-hydrogen) atoms. The lowest BCUT2D eigenvalue weighted by Gasteiger charge is -2.07. The van der Waals surface area contributed by atoms with Crippen LogP contribution in [0.1, 0.15) is 5.56 Å². The van der Waals surface area contributed by atoms with E-state index in [4.69, 9.17) is 23.2 Å². The number of halogens is 5. The minimum atomic E-state index is -4.57. The predicted molar refractivity (Wildman–Crippen MR) is 85.6 cm³/mol. The van der Waals surface area contributed by atoms with Gasteiger partial charge in [0.2, 0.25) is 5.88 Å². The van der Waals surface area contributed by atoms with E-state index in [1.54, 1.807) is 12.1 Å². The summed E-state index contributed by atoms with van der Waals surface area (Å²) in [6.45, 7) is 0. The zero-order valence-electron chi connectivity index (χ0n) is 11.7. The van der Waals surface area contributed by atoms with Crippen LogP contribution in [0.2, 0.25) is 10.0 Å². The molecule has 0 aliphatic heterocycles. The summed E-state index contributed by atoms with van der Waals surface area (Å²) >= 11 is 11.8. The summed E-state index contributed by atoms with van der Waals surface area (Å²) in [5.74, 6) is -0.524. The third kappa shape index (κ3) is 2.92. The van der Waals surface area contributed by atoms with Crippen molar-refractivity contribution in [1.82, 2.24) is 4.98 Å². The number of fused-ring (bicyclic) bond motifs is 1. The first-order valence-corrected chi connectivity index (χ1v) is 7.31. The van der Waals surface area contributed by atoms with E-state index in [1.165, 1.54) is 18.2 Å². The van der Waals surface area contributed by atoms with E-state index in [-0.39, 0.29) is 32.3 Å². The first kappa shape index (κ1) is 16.6. The second kappa shape index (κ2) is 5.99. The van der Waals surface area contributed by atoms with Gasteiger partial charge in [-0.25, -0.2) is 0 Å². The highest BCUT2D eigenvalue weighted by molar-refractivity contribution is 6.43. The molecule has 9 heteroatoms. The van der Waals surface area contributed by atoms with Crippen molar-refractivity contribution < 1.29 is 18.3 Å². The number of H-pyrrole nitrogens is 1. The Labute approximate surface area is 143 Å². The number of aromatic hydroxyl groups is 1. The number of para-hydroxylation sites is 1. The van der Waals surface area contributed by atoms with Crippen LogP contribution in [0, 0.1) is 0 Å². The fourth-order valence-electron chi connectivity index (χ4n) is 2.20. The fourth-order valence-corrected chi connectivity index (χ4v) is 2.53. The molecule has 0 unspecified atom stereocenters. The van der Waals surface area contributed by atoms with Gasteiger partial charge in [0.15, 0.2) is 5.69 Å². The highest BCUT2D eigenvalue weighted by Gasteiger charge is 2.34. The molecule has 0 spiro atoms. The normalized spacial score (nSPS) is 12.4. The lowest BCUT2D eigenvalue weighted by atomic mass is 10.1. The van der Waals surface area contributed by atoms with Crippen molar-refractivity contribution in [2.75, 3.05) is 0 Å². The molecule has 0 bridgehead atoms. The van der Waals surface area contributed by atoms with Gasteiger partial charge in [-0.3, -0.25) is 0 Å². The Hall–Kier alpha value is -2.25. The zero-order valence-corrected chi connectivity index (χ0v) is 13.2. The number of hydrogen-bond donors (Lipinski definition) is 2. The zero-order chi connectivity index (χ0) is 17.5. The Balaban J connectivity index is 2.12. The lowest BCUT2D eigenvalue weighted by Crippen LogP contribution is -2.05. The fraction of sp³-hybridized carbons (Fsp3) is 0.0667. The van der Waals surface area contributed by atoms with Crippen LogP contribution in [0.15, 0.2) is 46.6 Å². The molecule has 124 valence electrons. The molecule has 0 saturated carbocycles. The van der Waals surface area contributed by atoms with Crippen LogP contribution in [0.3, 0.4) is 0 Å². The van der Waals surface area contributed by atoms with E-state index in [9.17, 15) is 18.3 Å². The highest BCUT2D eigenvalue weighted by atomic mass is 35.5. The summed E-state index contributed by atoms with van der Waals surface area (Å²) in [5, 5.41) is 18.1. The van der Waals surface area contributed by atoms with Crippen LogP contribution < -0.4 is 0 Å². The van der Waals surface area contributed by atoms with Gasteiger partial charge in [0, 0.05) is 5.39 Å². The van der Waals surface area contributed by atoms with Crippen LogP contribution in [0.4, 0.5) is 24.5 Å². The van der Waals surface area contributed by atoms with Crippen LogP contribution in [0.5, 0.6) is 5.88 Å². The van der Waals surface area contributed by atoms with Gasteiger partial charge < -0.3 is 10.1 Å². The number of benzene rings is 2. The van der Waals surface area contributed by atoms with Crippen LogP contribution in [-0.2, 0) is 6.18 Å². The first-order chi connectivity index (χ1) is 11.3. The number of alkyl halides is 3. The first-order valence-electron chi connectivity index (χ1n) is 6.55. The average molecular weight is 374 g/mol. The van der Waals surface area contributed by atoms with Gasteiger partial charge in [-0.2, -0.15) is 13.2 Å². The summed E-state index contributed by atoms with van der Waals surface area (Å²) < 4.78 is 39.1. The molecule has 1 aromatic heterocycles. The molecule has 3 rings (SSSR count). The predicted octanol–water partition coefficient (Wildman–Crippen LogP) is 6.61. The Morgan fingerprint density at radius 1 is 1.00 bits per heavy atom. The number of hydrogen-bond acceptors (Lipinski definition) is 3. The molecule has 0 saturated heterocycles. The van der Waals surface area contributed by atoms with Crippen molar-refractivity contribution in [3.63, 3.8) is 0 Å². The quantitative estimate of drug-likeness (QED) is 0.487. The number of aromatic amines is 1. The largest absolute Gasteiger partial charge is 0.493 e. The van der Waals surface area contributed by atoms with E-state index in [0.717, 1.165) is 6.07 Å². The van der Waals surface area contributed by atoms with Gasteiger partial charge in [0.1, 0.15) is 5.69 Å². The van der Waals surface area contributed by atoms with E-state index in [0.29, 0.717) is 0 Å². The van der Waals surface area contributed by atoms with Crippen LogP contribution >= 0.6 is 23.2 Å². The molecule has 1 heterocycles. The van der Waals surface area contributed by atoms with Crippen molar-refractivity contribution in [3.05, 3.63) is 52.0 Å². The third-order valence-electron chi connectivity index (χ3n) is 3.28. The van der Waals surface area contributed by atoms with Gasteiger partial charge in [-0.05, 0) is 18.2 Å². The molecule has 0 atom stereocenters. The number of nitrogens with zero attached hydrogens (tertiary/aromatic N) is 2. The third-order valence-corrected chi connectivity index (χ3v) is 4.09. The minimum Gasteiger partial charge on any atom is -0.493 e. The van der Waals surface area contributed by atoms with E-state index in [1.807, 2.05) is 0 Å². The van der Waals surface area contributed by atoms with Gasteiger partial charge in [-0.15, -0.1) is 10.2 Å². The van der Waals surface area contributed by atoms with E-state index in [2.05, 4.69) is 15.2 Å². The molecule has 0 aliphatic carbocycles. The Bertz CT molecular complexity index is 951. The summed E-state index contributed by atoms with van der Waals surface area (Å²) in [4.78, 5) is 2.29. The monoisotopic (exact) mass is 373 g/mol. The molecular weight excluding hydrogens is 366 g/mol. The number of nitrogens with one attached hydrogen (secondary N) is 1. The number of rotatable bonds is 2. The second-order valence-electron chi connectivity index (χ2n) is 4.82. The summed E-state index contributed by atoms with van der Waals surface area (Å²) in [7, 11) is 0. The molecule has 0 aliphatic rings. The molecule has 2 aromatic carbocycles. The summed E-state index contributed by atoms with van der Waals surface area (Å²) in [6.07, 6.45) is -4.57. The Kier molecular flexibility index (Phi) is 4.15. The summed E-state index contributed by atoms with van der Waals surface area (Å²) in [5.41, 5.74) is -1.07. The Morgan fingerprint density at radius 3 is 2.42 bits per heavy atom. The standard InChI is InChI=1S/C15H8Cl2F3N3O/c16-9-5-2-6-10(11(9)17)22-23-13-7-3-1-4-8(15(18,19)20)12(7)21-14(13)24/h1-6,21,24H. The molecule has 0 amide bonds. The second-order valence-corrected chi connectivity index (χ2v) is 5.61. The molecule has 4 nitrogen and oxygen atoms in total. The topological polar surface area (TPSA) is 60.7 Å². The highest BCUT2D eigenvalue weighted by Crippen LogP contribution is 2.42. The number of azo groups is 1. The molecule has 2 N–H and O–H groups in total. The van der Waals surface area contributed by atoms with Crippen molar-refractivity contribution >= 4 is 45.5 Å². The van der Waals surface area contributed by atoms with Crippen LogP contribution in [0.25, 0.3) is 10.9 Å². The molecule has 0 radical (unpaired) electrons. The van der Waals surface area contributed by atoms with Gasteiger partial charge in [-0.1, -0.05) is 41.4 Å². The smallest absolute Gasteiger partial charge is 0.418 e. The number of aromatic nitrogens is 1. The van der Waals surface area contributed by atoms with Crippen molar-refractivity contribution in [3.8, 4) is 5.88 Å².